The van der Waals surface area contributed by atoms with Crippen molar-refractivity contribution in [2.24, 2.45) is 5.92 Å². The van der Waals surface area contributed by atoms with Gasteiger partial charge in [-0.05, 0) is 30.9 Å². The number of carboxylic acids is 1. The van der Waals surface area contributed by atoms with Gasteiger partial charge in [-0.3, -0.25) is 4.79 Å². The van der Waals surface area contributed by atoms with E-state index in [1.54, 1.807) is 11.9 Å². The van der Waals surface area contributed by atoms with Gasteiger partial charge in [-0.25, -0.2) is 9.59 Å². The molecule has 2 N–H and O–H groups in total. The van der Waals surface area contributed by atoms with Crippen molar-refractivity contribution in [3.05, 3.63) is 42.5 Å². The lowest BCUT2D eigenvalue weighted by molar-refractivity contribution is -0.144. The second-order valence-corrected chi connectivity index (χ2v) is 9.56. The molecule has 5 rings (SSSR count). The minimum absolute atomic E-state index is 0.231. The molecule has 0 radical (unpaired) electrons. The molecule has 11 heteroatoms. The smallest absolute Gasteiger partial charge is 0.330 e. The maximum Gasteiger partial charge on any atom is 0.330 e. The summed E-state index contributed by atoms with van der Waals surface area (Å²) >= 11 is 0. The van der Waals surface area contributed by atoms with Crippen LogP contribution in [0.5, 0.6) is 0 Å². The first-order valence-electron chi connectivity index (χ1n) is 12.0. The molecule has 4 atom stereocenters. The average molecular weight is 480 g/mol. The van der Waals surface area contributed by atoms with Crippen LogP contribution >= 0.6 is 0 Å². The van der Waals surface area contributed by atoms with Crippen LogP contribution in [0.4, 0.5) is 4.79 Å². The molecule has 1 saturated carbocycles. The molecule has 3 aliphatic rings. The number of urea groups is 1. The molecule has 2 aliphatic heterocycles. The fourth-order valence-corrected chi connectivity index (χ4v) is 4.98. The van der Waals surface area contributed by atoms with Gasteiger partial charge in [0.05, 0.1) is 6.04 Å². The number of rotatable bonds is 3. The minimum Gasteiger partial charge on any atom is -0.479 e. The average Bonchev–Trinajstić information content (AvgIpc) is 3.18. The molecule has 0 spiro atoms. The normalized spacial score (nSPS) is 29.2. The summed E-state index contributed by atoms with van der Waals surface area (Å²) in [4.78, 5) is 43.4. The predicted molar refractivity (Wildman–Crippen MR) is 125 cm³/mol. The Morgan fingerprint density at radius 2 is 2.00 bits per heavy atom. The summed E-state index contributed by atoms with van der Waals surface area (Å²) in [5, 5.41) is 25.5. The number of aliphatic carboxylic acids is 1. The summed E-state index contributed by atoms with van der Waals surface area (Å²) in [6.07, 6.45) is 7.01. The number of benzene rings is 1. The van der Waals surface area contributed by atoms with Crippen molar-refractivity contribution >= 4 is 17.9 Å². The maximum absolute atomic E-state index is 13.4. The highest BCUT2D eigenvalue weighted by atomic mass is 16.4. The van der Waals surface area contributed by atoms with Crippen molar-refractivity contribution in [3.63, 3.8) is 0 Å². The fourth-order valence-electron chi connectivity index (χ4n) is 4.98. The van der Waals surface area contributed by atoms with Crippen molar-refractivity contribution in [3.8, 4) is 11.4 Å². The number of hydrogen-bond donors (Lipinski definition) is 2. The second-order valence-electron chi connectivity index (χ2n) is 9.56. The Morgan fingerprint density at radius 1 is 1.20 bits per heavy atom. The van der Waals surface area contributed by atoms with E-state index in [4.69, 9.17) is 0 Å². The number of hydrogen-bond acceptors (Lipinski definition) is 6. The molecule has 3 amide bonds. The Balaban J connectivity index is 1.41. The van der Waals surface area contributed by atoms with Crippen LogP contribution in [-0.4, -0.2) is 84.7 Å². The van der Waals surface area contributed by atoms with E-state index in [1.165, 1.54) is 9.70 Å². The highest BCUT2D eigenvalue weighted by molar-refractivity contribution is 5.94. The number of fused-ring (bicyclic) bond motifs is 2. The molecule has 2 fully saturated rings. The van der Waals surface area contributed by atoms with Crippen molar-refractivity contribution in [2.45, 2.75) is 49.7 Å². The first-order chi connectivity index (χ1) is 16.9. The van der Waals surface area contributed by atoms with E-state index in [-0.39, 0.29) is 31.0 Å². The summed E-state index contributed by atoms with van der Waals surface area (Å²) in [5.41, 5.74) is -0.497. The molecule has 2 aromatic rings. The standard InChI is InChI=1S/C24H29N7O4/c1-29-12-8-3-2-7-11-17-14-24(17,22(33)34)25-21(32)19-13-18(15-30(19)23(29)35)31-27-20(26-28-31)16-9-5-4-6-10-16/h4-7,9-11,17-19H,2-3,8,12-15H2,1H3,(H,25,32)(H,33,34)/t17-,18-,19+,24-/m1/s1. The van der Waals surface area contributed by atoms with Gasteiger partial charge in [0.1, 0.15) is 11.6 Å². The fraction of sp³-hybridized carbons (Fsp3) is 0.500. The van der Waals surface area contributed by atoms with Gasteiger partial charge in [0.25, 0.3) is 0 Å². The van der Waals surface area contributed by atoms with Crippen molar-refractivity contribution < 1.29 is 19.5 Å². The lowest BCUT2D eigenvalue weighted by Gasteiger charge is -2.29. The third-order valence-electron chi connectivity index (χ3n) is 7.17. The van der Waals surface area contributed by atoms with Crippen molar-refractivity contribution in [1.29, 1.82) is 0 Å². The lowest BCUT2D eigenvalue weighted by atomic mass is 10.1. The summed E-state index contributed by atoms with van der Waals surface area (Å²) in [5.74, 6) is -1.30. The van der Waals surface area contributed by atoms with E-state index in [0.29, 0.717) is 18.8 Å². The molecular weight excluding hydrogens is 450 g/mol. The number of aromatic nitrogens is 4. The Morgan fingerprint density at radius 3 is 2.77 bits per heavy atom. The van der Waals surface area contributed by atoms with Gasteiger partial charge in [-0.1, -0.05) is 42.5 Å². The highest BCUT2D eigenvalue weighted by Gasteiger charge is 2.61. The van der Waals surface area contributed by atoms with E-state index in [1.807, 2.05) is 42.5 Å². The largest absolute Gasteiger partial charge is 0.479 e. The molecule has 0 unspecified atom stereocenters. The molecule has 1 aromatic heterocycles. The van der Waals surface area contributed by atoms with Gasteiger partial charge >= 0.3 is 12.0 Å². The molecule has 1 aromatic carbocycles. The molecule has 1 saturated heterocycles. The minimum atomic E-state index is -1.32. The van der Waals surface area contributed by atoms with Crippen LogP contribution in [0.3, 0.4) is 0 Å². The van der Waals surface area contributed by atoms with Crippen LogP contribution in [0, 0.1) is 5.92 Å². The van der Waals surface area contributed by atoms with Crippen LogP contribution in [0.2, 0.25) is 0 Å². The lowest BCUT2D eigenvalue weighted by Crippen LogP contribution is -2.54. The third kappa shape index (κ3) is 4.38. The Kier molecular flexibility index (Phi) is 6.00. The van der Waals surface area contributed by atoms with Gasteiger partial charge in [-0.15, -0.1) is 10.2 Å². The van der Waals surface area contributed by atoms with Gasteiger partial charge in [0, 0.05) is 38.0 Å². The summed E-state index contributed by atoms with van der Waals surface area (Å²) in [6.45, 7) is 0.805. The monoisotopic (exact) mass is 479 g/mol. The van der Waals surface area contributed by atoms with Gasteiger partial charge in [0.15, 0.2) is 0 Å². The summed E-state index contributed by atoms with van der Waals surface area (Å²) in [7, 11) is 1.73. The number of tetrazole rings is 1. The van der Waals surface area contributed by atoms with Crippen molar-refractivity contribution in [2.75, 3.05) is 20.1 Å². The molecule has 184 valence electrons. The van der Waals surface area contributed by atoms with E-state index in [0.717, 1.165) is 24.8 Å². The molecule has 35 heavy (non-hydrogen) atoms. The van der Waals surface area contributed by atoms with Crippen LogP contribution < -0.4 is 5.32 Å². The Hall–Kier alpha value is -3.76. The van der Waals surface area contributed by atoms with Crippen LogP contribution in [0.15, 0.2) is 42.5 Å². The quantitative estimate of drug-likeness (QED) is 0.640. The number of carboxylic acid groups (broad SMARTS) is 1. The number of nitrogens with zero attached hydrogens (tertiary/aromatic N) is 6. The first-order valence-corrected chi connectivity index (χ1v) is 12.0. The van der Waals surface area contributed by atoms with Crippen molar-refractivity contribution in [1.82, 2.24) is 35.3 Å². The topological polar surface area (TPSA) is 134 Å². The zero-order chi connectivity index (χ0) is 24.6. The molecule has 1 aliphatic carbocycles. The summed E-state index contributed by atoms with van der Waals surface area (Å²) in [6, 6.07) is 7.99. The second kappa shape index (κ2) is 9.12. The molecule has 11 nitrogen and oxygen atoms in total. The van der Waals surface area contributed by atoms with E-state index < -0.39 is 23.5 Å². The molecule has 3 heterocycles. The Bertz CT molecular complexity index is 1150. The zero-order valence-electron chi connectivity index (χ0n) is 19.6. The number of carbonyl (C=O) groups is 3. The van der Waals surface area contributed by atoms with Gasteiger partial charge in [-0.2, -0.15) is 4.80 Å². The maximum atomic E-state index is 13.4. The highest BCUT2D eigenvalue weighted by Crippen LogP contribution is 2.45. The number of carbonyl (C=O) groups excluding carboxylic acids is 2. The van der Waals surface area contributed by atoms with Gasteiger partial charge < -0.3 is 20.2 Å². The first kappa shape index (κ1) is 23.0. The Labute approximate surface area is 202 Å². The molecular formula is C24H29N7O4. The van der Waals surface area contributed by atoms with Crippen LogP contribution in [0.1, 0.15) is 38.1 Å². The molecule has 0 bridgehead atoms. The predicted octanol–water partition coefficient (Wildman–Crippen LogP) is 1.71. The summed E-state index contributed by atoms with van der Waals surface area (Å²) < 4.78 is 0. The van der Waals surface area contributed by atoms with Crippen LogP contribution in [-0.2, 0) is 9.59 Å². The van der Waals surface area contributed by atoms with Gasteiger partial charge in [0.2, 0.25) is 11.7 Å². The number of allylic oxidation sites excluding steroid dienone is 1. The number of amides is 3. The van der Waals surface area contributed by atoms with E-state index in [9.17, 15) is 19.5 Å². The van der Waals surface area contributed by atoms with E-state index >= 15 is 0 Å². The van der Waals surface area contributed by atoms with Crippen LogP contribution in [0.25, 0.3) is 11.4 Å². The zero-order valence-corrected chi connectivity index (χ0v) is 19.6. The third-order valence-corrected chi connectivity index (χ3v) is 7.17. The number of nitrogens with one attached hydrogen (secondary N) is 1. The van der Waals surface area contributed by atoms with E-state index in [2.05, 4.69) is 20.7 Å². The SMILES string of the molecule is CN1CCCCC=C[C@@H]2C[C@@]2(C(=O)O)NC(=O)[C@@H]2C[C@@H](n3nnc(-c4ccccc4)n3)CN2C1=O.